The second-order valence-electron chi connectivity index (χ2n) is 3.22. The van der Waals surface area contributed by atoms with Crippen LogP contribution in [0.5, 0.6) is 5.75 Å². The Morgan fingerprint density at radius 3 is 1.76 bits per heavy atom. The molecule has 112 valence electrons. The lowest BCUT2D eigenvalue weighted by atomic mass is 10.3. The van der Waals surface area contributed by atoms with Gasteiger partial charge in [-0.05, 0) is 12.1 Å². The first-order chi connectivity index (χ1) is 10.1. The van der Waals surface area contributed by atoms with E-state index in [-0.39, 0.29) is 5.75 Å². The monoisotopic (exact) mass is 312 g/mol. The van der Waals surface area contributed by atoms with Crippen molar-refractivity contribution in [2.75, 3.05) is 0 Å². The molecule has 3 aromatic rings. The van der Waals surface area contributed by atoms with Crippen molar-refractivity contribution in [3.63, 3.8) is 0 Å². The number of nitrogens with one attached hydrogen (secondary N) is 2. The van der Waals surface area contributed by atoms with Crippen molar-refractivity contribution < 1.29 is 18.9 Å². The van der Waals surface area contributed by atoms with Crippen LogP contribution in [0.25, 0.3) is 0 Å². The fraction of sp³-hybridized carbons (Fsp3) is 0. The third-order valence-electron chi connectivity index (χ3n) is 1.63. The Morgan fingerprint density at radius 2 is 1.48 bits per heavy atom. The van der Waals surface area contributed by atoms with E-state index in [1.165, 1.54) is 12.1 Å². The predicted molar refractivity (Wildman–Crippen MR) is 71.9 cm³/mol. The lowest BCUT2D eigenvalue weighted by Gasteiger charge is -2.04. The summed E-state index contributed by atoms with van der Waals surface area (Å²) in [6.45, 7) is 0. The highest BCUT2D eigenvalue weighted by Gasteiger charge is 2.14. The van der Waals surface area contributed by atoms with Gasteiger partial charge in [-0.25, -0.2) is 4.57 Å². The number of benzene rings is 1. The fourth-order valence-corrected chi connectivity index (χ4v) is 1.35. The van der Waals surface area contributed by atoms with Crippen molar-refractivity contribution in [2.24, 2.45) is 0 Å². The minimum absolute atomic E-state index is 0.167. The third-order valence-corrected chi connectivity index (χ3v) is 2.08. The van der Waals surface area contributed by atoms with Crippen LogP contribution in [0.15, 0.2) is 55.1 Å². The summed E-state index contributed by atoms with van der Waals surface area (Å²) in [5, 5.41) is 18.5. The van der Waals surface area contributed by atoms with Gasteiger partial charge in [-0.2, -0.15) is 0 Å². The van der Waals surface area contributed by atoms with Gasteiger partial charge in [0.1, 0.15) is 5.75 Å². The number of rotatable bonds is 2. The van der Waals surface area contributed by atoms with E-state index < -0.39 is 7.82 Å². The molecule has 0 fully saturated rings. The van der Waals surface area contributed by atoms with Gasteiger partial charge in [0.15, 0.2) is 0 Å². The number of hydrogen-bond donors (Lipinski definition) is 4. The number of para-hydroxylation sites is 1. The van der Waals surface area contributed by atoms with Gasteiger partial charge in [-0.3, -0.25) is 20.0 Å². The van der Waals surface area contributed by atoms with Crippen LogP contribution in [-0.2, 0) is 4.57 Å². The van der Waals surface area contributed by atoms with E-state index in [1.807, 2.05) is 0 Å². The molecule has 0 aliphatic carbocycles. The molecular formula is C10H13N6O4P. The molecule has 0 bridgehead atoms. The first-order valence-electron chi connectivity index (χ1n) is 5.49. The summed E-state index contributed by atoms with van der Waals surface area (Å²) in [5.74, 6) is 0.167. The quantitative estimate of drug-likeness (QED) is 0.507. The van der Waals surface area contributed by atoms with Crippen molar-refractivity contribution in [2.45, 2.75) is 0 Å². The largest absolute Gasteiger partial charge is 0.524 e. The number of aromatic amines is 2. The zero-order valence-corrected chi connectivity index (χ0v) is 11.5. The van der Waals surface area contributed by atoms with E-state index in [1.54, 1.807) is 43.0 Å². The summed E-state index contributed by atoms with van der Waals surface area (Å²) in [6.07, 6.45) is 6.47. The highest BCUT2D eigenvalue weighted by molar-refractivity contribution is 7.46. The van der Waals surface area contributed by atoms with E-state index in [9.17, 15) is 4.57 Å². The molecule has 4 N–H and O–H groups in total. The van der Waals surface area contributed by atoms with Crippen LogP contribution in [0.2, 0.25) is 0 Å². The Bertz CT molecular complexity index is 537. The van der Waals surface area contributed by atoms with Crippen molar-refractivity contribution in [3.8, 4) is 5.75 Å². The maximum atomic E-state index is 10.3. The van der Waals surface area contributed by atoms with Crippen molar-refractivity contribution >= 4 is 7.82 Å². The lowest BCUT2D eigenvalue weighted by molar-refractivity contribution is 0.283. The minimum atomic E-state index is -4.39. The summed E-state index contributed by atoms with van der Waals surface area (Å²) < 4.78 is 14.5. The van der Waals surface area contributed by atoms with Gasteiger partial charge >= 0.3 is 7.82 Å². The predicted octanol–water partition coefficient (Wildman–Crippen LogP) is 0.767. The number of aromatic nitrogens is 6. The molecule has 3 rings (SSSR count). The average molecular weight is 312 g/mol. The number of hydrogen-bond acceptors (Lipinski definition) is 6. The molecule has 10 nitrogen and oxygen atoms in total. The summed E-state index contributed by atoms with van der Waals surface area (Å²) >= 11 is 0. The highest BCUT2D eigenvalue weighted by atomic mass is 31.2. The van der Waals surface area contributed by atoms with E-state index in [2.05, 4.69) is 35.3 Å². The first kappa shape index (κ1) is 16.5. The van der Waals surface area contributed by atoms with Gasteiger partial charge in [0.2, 0.25) is 0 Å². The molecule has 0 radical (unpaired) electrons. The molecule has 2 heterocycles. The van der Waals surface area contributed by atoms with Crippen LogP contribution >= 0.6 is 7.82 Å². The molecule has 1 aromatic carbocycles. The Morgan fingerprint density at radius 1 is 0.952 bits per heavy atom. The highest BCUT2D eigenvalue weighted by Crippen LogP contribution is 2.36. The Kier molecular flexibility index (Phi) is 7.36. The Hall–Kier alpha value is -2.55. The molecule has 0 spiro atoms. The average Bonchev–Trinajstić information content (AvgIpc) is 3.17. The Labute approximate surface area is 119 Å². The van der Waals surface area contributed by atoms with Crippen LogP contribution in [0.4, 0.5) is 0 Å². The molecule has 0 aliphatic rings. The van der Waals surface area contributed by atoms with Gasteiger partial charge in [0.25, 0.3) is 0 Å². The minimum Gasteiger partial charge on any atom is -0.404 e. The fourth-order valence-electron chi connectivity index (χ4n) is 0.952. The molecule has 0 saturated carbocycles. The van der Waals surface area contributed by atoms with E-state index in [0.717, 1.165) is 0 Å². The maximum Gasteiger partial charge on any atom is 0.524 e. The maximum absolute atomic E-state index is 10.3. The zero-order chi connectivity index (χ0) is 15.4. The van der Waals surface area contributed by atoms with Gasteiger partial charge in [0, 0.05) is 12.4 Å². The van der Waals surface area contributed by atoms with Crippen LogP contribution < -0.4 is 4.52 Å². The van der Waals surface area contributed by atoms with Crippen LogP contribution in [-0.4, -0.2) is 40.6 Å². The first-order valence-corrected chi connectivity index (χ1v) is 7.02. The molecule has 2 aromatic heterocycles. The molecule has 0 atom stereocenters. The SMILES string of the molecule is O=P(O)(O)Oc1ccccc1.c1c[nH]nn1.c1c[nH]nn1. The van der Waals surface area contributed by atoms with Crippen molar-refractivity contribution in [1.82, 2.24) is 30.8 Å². The number of H-pyrrole nitrogens is 2. The van der Waals surface area contributed by atoms with E-state index in [4.69, 9.17) is 9.79 Å². The summed E-state index contributed by atoms with van der Waals surface area (Å²) in [5.41, 5.74) is 0. The molecule has 0 amide bonds. The molecule has 11 heteroatoms. The van der Waals surface area contributed by atoms with Gasteiger partial charge in [-0.15, -0.1) is 10.2 Å². The second-order valence-corrected chi connectivity index (χ2v) is 4.38. The lowest BCUT2D eigenvalue weighted by Crippen LogP contribution is -1.88. The standard InChI is InChI=1S/C6H7O4P.2C2H3N3/c7-11(8,9)10-6-4-2-1-3-5-6;2*1-2-4-5-3-1/h1-5H,(H2,7,8,9);2*1-2H,(H,3,4,5). The molecule has 0 aliphatic heterocycles. The second kappa shape index (κ2) is 9.37. The molecular weight excluding hydrogens is 299 g/mol. The van der Waals surface area contributed by atoms with Gasteiger partial charge in [0.05, 0.1) is 12.4 Å². The number of phosphoric ester groups is 1. The van der Waals surface area contributed by atoms with Crippen LogP contribution in [0.3, 0.4) is 0 Å². The van der Waals surface area contributed by atoms with Gasteiger partial charge < -0.3 is 4.52 Å². The zero-order valence-electron chi connectivity index (χ0n) is 10.6. The molecule has 0 saturated heterocycles. The normalized spacial score (nSPS) is 9.62. The van der Waals surface area contributed by atoms with E-state index >= 15 is 0 Å². The number of phosphoric acid groups is 1. The van der Waals surface area contributed by atoms with E-state index in [0.29, 0.717) is 0 Å². The molecule has 0 unspecified atom stereocenters. The topological polar surface area (TPSA) is 150 Å². The number of nitrogens with zero attached hydrogens (tertiary/aromatic N) is 4. The third kappa shape index (κ3) is 9.96. The Balaban J connectivity index is 0.000000181. The van der Waals surface area contributed by atoms with Gasteiger partial charge in [-0.1, -0.05) is 28.6 Å². The summed E-state index contributed by atoms with van der Waals surface area (Å²) in [6, 6.07) is 7.93. The summed E-state index contributed by atoms with van der Waals surface area (Å²) in [7, 11) is -4.39. The summed E-state index contributed by atoms with van der Waals surface area (Å²) in [4.78, 5) is 16.7. The van der Waals surface area contributed by atoms with Crippen LogP contribution in [0.1, 0.15) is 0 Å². The smallest absolute Gasteiger partial charge is 0.404 e. The van der Waals surface area contributed by atoms with Crippen LogP contribution in [0, 0.1) is 0 Å². The van der Waals surface area contributed by atoms with Crippen molar-refractivity contribution in [3.05, 3.63) is 55.1 Å². The van der Waals surface area contributed by atoms with Crippen molar-refractivity contribution in [1.29, 1.82) is 0 Å². The molecule has 21 heavy (non-hydrogen) atoms.